The van der Waals surface area contributed by atoms with Gasteiger partial charge < -0.3 is 0 Å². The molecule has 4 aromatic rings. The lowest BCUT2D eigenvalue weighted by Gasteiger charge is -2.09. The van der Waals surface area contributed by atoms with Crippen LogP contribution in [-0.2, 0) is 10.0 Å². The van der Waals surface area contributed by atoms with Gasteiger partial charge in [-0.25, -0.2) is 18.1 Å². The van der Waals surface area contributed by atoms with Crippen LogP contribution in [0.4, 0.5) is 0 Å². The summed E-state index contributed by atoms with van der Waals surface area (Å²) in [6.45, 7) is 0. The Hall–Kier alpha value is -2.81. The first kappa shape index (κ1) is 18.5. The van der Waals surface area contributed by atoms with Gasteiger partial charge in [-0.3, -0.25) is 9.78 Å². The number of carbonyl (C=O) groups is 1. The molecule has 2 heterocycles. The van der Waals surface area contributed by atoms with E-state index in [1.807, 2.05) is 30.3 Å². The molecule has 2 aromatic heterocycles. The maximum atomic E-state index is 12.8. The van der Waals surface area contributed by atoms with Crippen LogP contribution >= 0.6 is 22.9 Å². The Kier molecular flexibility index (Phi) is 4.84. The van der Waals surface area contributed by atoms with E-state index in [0.717, 1.165) is 16.9 Å². The Morgan fingerprint density at radius 3 is 2.61 bits per heavy atom. The fraction of sp³-hybridized carbons (Fsp3) is 0. The van der Waals surface area contributed by atoms with Crippen LogP contribution in [0, 0.1) is 0 Å². The fourth-order valence-electron chi connectivity index (χ4n) is 2.65. The minimum atomic E-state index is -4.18. The number of nitrogens with one attached hydrogen (secondary N) is 1. The Balaban J connectivity index is 1.66. The van der Waals surface area contributed by atoms with Gasteiger partial charge in [0, 0.05) is 22.2 Å². The van der Waals surface area contributed by atoms with Crippen LogP contribution in [0.15, 0.2) is 71.9 Å². The largest absolute Gasteiger partial charge is 0.276 e. The van der Waals surface area contributed by atoms with Gasteiger partial charge in [0.1, 0.15) is 14.8 Å². The highest BCUT2D eigenvalue weighted by Gasteiger charge is 2.24. The van der Waals surface area contributed by atoms with E-state index in [1.54, 1.807) is 18.2 Å². The molecule has 0 unspecified atom stereocenters. The molecule has 0 aliphatic rings. The van der Waals surface area contributed by atoms with Gasteiger partial charge in [0.15, 0.2) is 0 Å². The number of pyridine rings is 1. The first-order valence-corrected chi connectivity index (χ1v) is 10.7. The third-order valence-corrected chi connectivity index (χ3v) is 6.51. The second kappa shape index (κ2) is 7.31. The number of fused-ring (bicyclic) bond motifs is 1. The highest BCUT2D eigenvalue weighted by molar-refractivity contribution is 7.90. The summed E-state index contributed by atoms with van der Waals surface area (Å²) in [5.41, 5.74) is 1.08. The summed E-state index contributed by atoms with van der Waals surface area (Å²) in [6, 6.07) is 15.6. The van der Waals surface area contributed by atoms with E-state index in [-0.39, 0.29) is 20.3 Å². The van der Waals surface area contributed by atoms with E-state index in [2.05, 4.69) is 14.7 Å². The van der Waals surface area contributed by atoms with Gasteiger partial charge in [-0.15, -0.1) is 11.3 Å². The van der Waals surface area contributed by atoms with Crippen molar-refractivity contribution in [3.05, 3.63) is 76.9 Å². The van der Waals surface area contributed by atoms with Crippen molar-refractivity contribution in [1.82, 2.24) is 14.7 Å². The molecule has 0 fully saturated rings. The Morgan fingerprint density at radius 2 is 1.82 bits per heavy atom. The van der Waals surface area contributed by atoms with Gasteiger partial charge in [0.2, 0.25) is 0 Å². The lowest BCUT2D eigenvalue weighted by Crippen LogP contribution is -2.30. The van der Waals surface area contributed by atoms with Crippen LogP contribution in [0.25, 0.3) is 21.5 Å². The molecule has 6 nitrogen and oxygen atoms in total. The Morgan fingerprint density at radius 1 is 1.04 bits per heavy atom. The molecule has 0 aliphatic heterocycles. The SMILES string of the molecule is O=C(NS(=O)(=O)c1cc(Cl)cc2cccnc12)c1cnc(-c2ccccc2)s1. The first-order valence-electron chi connectivity index (χ1n) is 8.07. The maximum Gasteiger partial charge on any atom is 0.276 e. The van der Waals surface area contributed by atoms with Gasteiger partial charge >= 0.3 is 0 Å². The van der Waals surface area contributed by atoms with Crippen LogP contribution in [-0.4, -0.2) is 24.3 Å². The summed E-state index contributed by atoms with van der Waals surface area (Å²) in [6.07, 6.45) is 2.83. The average molecular weight is 430 g/mol. The van der Waals surface area contributed by atoms with Gasteiger partial charge in [-0.05, 0) is 18.2 Å². The van der Waals surface area contributed by atoms with E-state index in [0.29, 0.717) is 10.4 Å². The van der Waals surface area contributed by atoms with Crippen molar-refractivity contribution in [1.29, 1.82) is 0 Å². The summed E-state index contributed by atoms with van der Waals surface area (Å²) in [7, 11) is -4.18. The molecule has 0 atom stereocenters. The first-order chi connectivity index (χ1) is 13.4. The molecule has 2 aromatic carbocycles. The monoisotopic (exact) mass is 429 g/mol. The molecule has 0 bridgehead atoms. The minimum absolute atomic E-state index is 0.156. The van der Waals surface area contributed by atoms with E-state index < -0.39 is 15.9 Å². The molecule has 1 amide bonds. The van der Waals surface area contributed by atoms with Gasteiger partial charge in [0.25, 0.3) is 15.9 Å². The topological polar surface area (TPSA) is 89.0 Å². The van der Waals surface area contributed by atoms with Crippen LogP contribution < -0.4 is 4.72 Å². The Bertz CT molecular complexity index is 1290. The van der Waals surface area contributed by atoms with Crippen molar-refractivity contribution in [3.63, 3.8) is 0 Å². The van der Waals surface area contributed by atoms with Crippen molar-refractivity contribution in [2.75, 3.05) is 0 Å². The predicted octanol–water partition coefficient (Wildman–Crippen LogP) is 4.13. The zero-order valence-electron chi connectivity index (χ0n) is 14.2. The molecular formula is C19H12ClN3O3S2. The molecule has 1 N–H and O–H groups in total. The molecule has 0 saturated heterocycles. The second-order valence-corrected chi connectivity index (χ2v) is 8.93. The number of thiazole rings is 1. The van der Waals surface area contributed by atoms with Crippen LogP contribution in [0.3, 0.4) is 0 Å². The van der Waals surface area contributed by atoms with Crippen molar-refractivity contribution in [2.24, 2.45) is 0 Å². The number of nitrogens with zero attached hydrogens (tertiary/aromatic N) is 2. The van der Waals surface area contributed by atoms with E-state index in [9.17, 15) is 13.2 Å². The highest BCUT2D eigenvalue weighted by Crippen LogP contribution is 2.27. The number of sulfonamides is 1. The molecule has 9 heteroatoms. The smallest absolute Gasteiger partial charge is 0.267 e. The maximum absolute atomic E-state index is 12.8. The summed E-state index contributed by atoms with van der Waals surface area (Å²) in [5.74, 6) is -0.760. The molecule has 0 aliphatic carbocycles. The van der Waals surface area contributed by atoms with Crippen molar-refractivity contribution >= 4 is 49.8 Å². The summed E-state index contributed by atoms with van der Waals surface area (Å²) >= 11 is 7.15. The number of rotatable bonds is 4. The van der Waals surface area contributed by atoms with Crippen molar-refractivity contribution < 1.29 is 13.2 Å². The molecule has 0 spiro atoms. The average Bonchev–Trinajstić information content (AvgIpc) is 3.18. The predicted molar refractivity (Wildman–Crippen MR) is 109 cm³/mol. The highest BCUT2D eigenvalue weighted by atomic mass is 35.5. The number of hydrogen-bond donors (Lipinski definition) is 1. The van der Waals surface area contributed by atoms with Crippen LogP contribution in [0.2, 0.25) is 5.02 Å². The molecule has 140 valence electrons. The molecule has 0 radical (unpaired) electrons. The molecular weight excluding hydrogens is 418 g/mol. The number of halogens is 1. The quantitative estimate of drug-likeness (QED) is 0.526. The summed E-state index contributed by atoms with van der Waals surface area (Å²) in [4.78, 5) is 20.9. The van der Waals surface area contributed by atoms with Gasteiger partial charge in [0.05, 0.1) is 11.7 Å². The third-order valence-electron chi connectivity index (χ3n) is 3.90. The standard InChI is InChI=1S/C19H12ClN3O3S2/c20-14-9-13-7-4-8-21-17(13)16(10-14)28(25,26)23-18(24)15-11-22-19(27-15)12-5-2-1-3-6-12/h1-11H,(H,23,24). The lowest BCUT2D eigenvalue weighted by molar-refractivity contribution is 0.0985. The zero-order chi connectivity index (χ0) is 19.7. The van der Waals surface area contributed by atoms with Crippen LogP contribution in [0.1, 0.15) is 9.67 Å². The summed E-state index contributed by atoms with van der Waals surface area (Å²) < 4.78 is 27.7. The number of hydrogen-bond acceptors (Lipinski definition) is 6. The number of aromatic nitrogens is 2. The van der Waals surface area contributed by atoms with Gasteiger partial charge in [-0.2, -0.15) is 0 Å². The zero-order valence-corrected chi connectivity index (χ0v) is 16.6. The van der Waals surface area contributed by atoms with Crippen molar-refractivity contribution in [3.8, 4) is 10.6 Å². The second-order valence-electron chi connectivity index (χ2n) is 5.81. The lowest BCUT2D eigenvalue weighted by atomic mass is 10.2. The van der Waals surface area contributed by atoms with E-state index >= 15 is 0 Å². The molecule has 4 rings (SSSR count). The molecule has 0 saturated carbocycles. The fourth-order valence-corrected chi connectivity index (χ4v) is 4.99. The minimum Gasteiger partial charge on any atom is -0.267 e. The Labute approximate surface area is 169 Å². The number of carbonyl (C=O) groups excluding carboxylic acids is 1. The van der Waals surface area contributed by atoms with E-state index in [4.69, 9.17) is 11.6 Å². The van der Waals surface area contributed by atoms with Gasteiger partial charge in [-0.1, -0.05) is 48.0 Å². The van der Waals surface area contributed by atoms with Crippen LogP contribution in [0.5, 0.6) is 0 Å². The number of benzene rings is 2. The molecule has 28 heavy (non-hydrogen) atoms. The summed E-state index contributed by atoms with van der Waals surface area (Å²) in [5, 5.41) is 1.42. The number of amides is 1. The normalized spacial score (nSPS) is 11.5. The van der Waals surface area contributed by atoms with Crippen molar-refractivity contribution in [2.45, 2.75) is 4.90 Å². The van der Waals surface area contributed by atoms with E-state index in [1.165, 1.54) is 18.5 Å². The third kappa shape index (κ3) is 3.62.